The summed E-state index contributed by atoms with van der Waals surface area (Å²) in [6.07, 6.45) is 8.69. The molecule has 21 heavy (non-hydrogen) atoms. The first-order valence-corrected chi connectivity index (χ1v) is 9.04. The molecule has 0 spiro atoms. The van der Waals surface area contributed by atoms with Gasteiger partial charge in [-0.1, -0.05) is 28.1 Å². The maximum atomic E-state index is 13.9. The molecule has 1 aromatic carbocycles. The molecule has 0 aliphatic heterocycles. The molecule has 0 heterocycles. The van der Waals surface area contributed by atoms with Gasteiger partial charge >= 0.3 is 0 Å². The van der Waals surface area contributed by atoms with Crippen molar-refractivity contribution >= 4 is 15.9 Å². The Morgan fingerprint density at radius 3 is 2.19 bits per heavy atom. The quantitative estimate of drug-likeness (QED) is 0.629. The lowest BCUT2D eigenvalue weighted by Gasteiger charge is -2.58. The third kappa shape index (κ3) is 2.36. The molecule has 4 bridgehead atoms. The Bertz CT molecular complexity index is 519. The number of alkyl halides is 1. The van der Waals surface area contributed by atoms with Crippen LogP contribution < -0.4 is 0 Å². The molecule has 0 nitrogen and oxygen atoms in total. The standard InChI is InChI=1S/C18H21BrF2/c19-16(7-14-2-1-3-15(20)17(14)21)18-8-11-4-12(9-18)6-13(5-11)10-18/h1-3,11-13,16H,4-10H2. The fraction of sp³-hybridized carbons (Fsp3) is 0.667. The van der Waals surface area contributed by atoms with E-state index in [1.165, 1.54) is 44.6 Å². The summed E-state index contributed by atoms with van der Waals surface area (Å²) in [6, 6.07) is 4.55. The summed E-state index contributed by atoms with van der Waals surface area (Å²) in [4.78, 5) is 0.273. The van der Waals surface area contributed by atoms with Gasteiger partial charge in [-0.3, -0.25) is 0 Å². The normalized spacial score (nSPS) is 38.7. The maximum absolute atomic E-state index is 13.9. The predicted molar refractivity (Wildman–Crippen MR) is 83.4 cm³/mol. The van der Waals surface area contributed by atoms with Crippen LogP contribution in [0.2, 0.25) is 0 Å². The van der Waals surface area contributed by atoms with E-state index in [0.717, 1.165) is 17.8 Å². The zero-order valence-electron chi connectivity index (χ0n) is 12.1. The van der Waals surface area contributed by atoms with Crippen molar-refractivity contribution in [2.45, 2.75) is 49.8 Å². The molecule has 0 radical (unpaired) electrons. The molecular formula is C18H21BrF2. The molecule has 4 saturated carbocycles. The van der Waals surface area contributed by atoms with Gasteiger partial charge < -0.3 is 0 Å². The molecule has 5 rings (SSSR count). The van der Waals surface area contributed by atoms with Crippen LogP contribution in [0.15, 0.2) is 18.2 Å². The van der Waals surface area contributed by atoms with E-state index in [1.807, 2.05) is 0 Å². The highest BCUT2D eigenvalue weighted by molar-refractivity contribution is 9.09. The molecule has 1 atom stereocenters. The largest absolute Gasteiger partial charge is 0.204 e. The lowest BCUT2D eigenvalue weighted by molar-refractivity contribution is -0.0522. The third-order valence-corrected chi connectivity index (χ3v) is 7.48. The van der Waals surface area contributed by atoms with E-state index in [-0.39, 0.29) is 4.83 Å². The van der Waals surface area contributed by atoms with Gasteiger partial charge in [0.2, 0.25) is 0 Å². The second-order valence-corrected chi connectivity index (χ2v) is 8.77. The van der Waals surface area contributed by atoms with Gasteiger partial charge in [0, 0.05) is 4.83 Å². The van der Waals surface area contributed by atoms with E-state index in [0.29, 0.717) is 17.4 Å². The van der Waals surface area contributed by atoms with Gasteiger partial charge in [0.1, 0.15) is 0 Å². The average molecular weight is 355 g/mol. The van der Waals surface area contributed by atoms with E-state index >= 15 is 0 Å². The van der Waals surface area contributed by atoms with Gasteiger partial charge in [-0.15, -0.1) is 0 Å². The highest BCUT2D eigenvalue weighted by atomic mass is 79.9. The van der Waals surface area contributed by atoms with E-state index in [9.17, 15) is 8.78 Å². The maximum Gasteiger partial charge on any atom is 0.162 e. The first kappa shape index (κ1) is 14.2. The highest BCUT2D eigenvalue weighted by Gasteiger charge is 2.53. The first-order chi connectivity index (χ1) is 10.1. The minimum absolute atomic E-state index is 0.273. The molecule has 0 N–H and O–H groups in total. The van der Waals surface area contributed by atoms with Crippen LogP contribution in [0.3, 0.4) is 0 Å². The fourth-order valence-corrected chi connectivity index (χ4v) is 6.59. The van der Waals surface area contributed by atoms with Crippen LogP contribution in [-0.2, 0) is 6.42 Å². The Balaban J connectivity index is 1.57. The predicted octanol–water partition coefficient (Wildman–Crippen LogP) is 5.49. The Hall–Kier alpha value is -0.440. The van der Waals surface area contributed by atoms with Crippen molar-refractivity contribution in [1.82, 2.24) is 0 Å². The van der Waals surface area contributed by atoms with Gasteiger partial charge in [-0.25, -0.2) is 8.78 Å². The van der Waals surface area contributed by atoms with Crippen LogP contribution in [0.1, 0.15) is 44.1 Å². The minimum atomic E-state index is -0.724. The molecule has 4 aliphatic carbocycles. The number of hydrogen-bond acceptors (Lipinski definition) is 0. The van der Waals surface area contributed by atoms with Gasteiger partial charge in [-0.05, 0) is 79.7 Å². The van der Waals surface area contributed by atoms with Crippen molar-refractivity contribution in [3.8, 4) is 0 Å². The van der Waals surface area contributed by atoms with Crippen LogP contribution in [0.25, 0.3) is 0 Å². The zero-order valence-corrected chi connectivity index (χ0v) is 13.7. The van der Waals surface area contributed by atoms with Gasteiger partial charge in [0.15, 0.2) is 11.6 Å². The summed E-state index contributed by atoms with van der Waals surface area (Å²) in [6.45, 7) is 0. The number of benzene rings is 1. The molecule has 0 aromatic heterocycles. The third-order valence-electron chi connectivity index (χ3n) is 6.18. The van der Waals surface area contributed by atoms with Crippen molar-refractivity contribution in [3.63, 3.8) is 0 Å². The monoisotopic (exact) mass is 354 g/mol. The van der Waals surface area contributed by atoms with Gasteiger partial charge in [0.05, 0.1) is 0 Å². The van der Waals surface area contributed by atoms with Gasteiger partial charge in [0.25, 0.3) is 0 Å². The average Bonchev–Trinajstić information content (AvgIpc) is 2.42. The molecule has 0 amide bonds. The summed E-state index contributed by atoms with van der Waals surface area (Å²) in [5.41, 5.74) is 0.848. The summed E-state index contributed by atoms with van der Waals surface area (Å²) >= 11 is 3.87. The smallest absolute Gasteiger partial charge is 0.162 e. The Morgan fingerprint density at radius 2 is 1.62 bits per heavy atom. The van der Waals surface area contributed by atoms with E-state index in [4.69, 9.17) is 0 Å². The molecule has 3 heteroatoms. The zero-order chi connectivity index (χ0) is 14.6. The lowest BCUT2D eigenvalue weighted by Crippen LogP contribution is -2.50. The Morgan fingerprint density at radius 1 is 1.05 bits per heavy atom. The number of hydrogen-bond donors (Lipinski definition) is 0. The summed E-state index contributed by atoms with van der Waals surface area (Å²) in [7, 11) is 0. The van der Waals surface area contributed by atoms with Crippen molar-refractivity contribution in [2.75, 3.05) is 0 Å². The summed E-state index contributed by atoms with van der Waals surface area (Å²) in [5.74, 6) is 1.26. The van der Waals surface area contributed by atoms with Crippen LogP contribution in [-0.4, -0.2) is 4.83 Å². The van der Waals surface area contributed by atoms with E-state index in [2.05, 4.69) is 15.9 Å². The number of halogens is 3. The van der Waals surface area contributed by atoms with Crippen molar-refractivity contribution < 1.29 is 8.78 Å². The molecule has 114 valence electrons. The molecule has 0 saturated heterocycles. The molecule has 1 aromatic rings. The molecular weight excluding hydrogens is 334 g/mol. The van der Waals surface area contributed by atoms with Crippen LogP contribution in [0.5, 0.6) is 0 Å². The fourth-order valence-electron chi connectivity index (χ4n) is 5.68. The Labute approximate surface area is 133 Å². The van der Waals surface area contributed by atoms with Crippen LogP contribution in [0.4, 0.5) is 8.78 Å². The summed E-state index contributed by atoms with van der Waals surface area (Å²) in [5, 5.41) is 0. The molecule has 4 fully saturated rings. The van der Waals surface area contributed by atoms with Crippen molar-refractivity contribution in [3.05, 3.63) is 35.4 Å². The first-order valence-electron chi connectivity index (χ1n) is 8.13. The van der Waals surface area contributed by atoms with E-state index in [1.54, 1.807) is 12.1 Å². The highest BCUT2D eigenvalue weighted by Crippen LogP contribution is 2.62. The number of rotatable bonds is 3. The van der Waals surface area contributed by atoms with Gasteiger partial charge in [-0.2, -0.15) is 0 Å². The van der Waals surface area contributed by atoms with Crippen LogP contribution >= 0.6 is 15.9 Å². The topological polar surface area (TPSA) is 0 Å². The van der Waals surface area contributed by atoms with E-state index < -0.39 is 11.6 Å². The van der Waals surface area contributed by atoms with Crippen LogP contribution in [0, 0.1) is 34.8 Å². The second kappa shape index (κ2) is 5.04. The summed E-state index contributed by atoms with van der Waals surface area (Å²) < 4.78 is 27.3. The minimum Gasteiger partial charge on any atom is -0.204 e. The molecule has 4 aliphatic rings. The lowest BCUT2D eigenvalue weighted by atomic mass is 9.48. The SMILES string of the molecule is Fc1cccc(CC(Br)C23CC4CC(CC(C4)C2)C3)c1F. The van der Waals surface area contributed by atoms with Crippen molar-refractivity contribution in [2.24, 2.45) is 23.2 Å². The van der Waals surface area contributed by atoms with Crippen molar-refractivity contribution in [1.29, 1.82) is 0 Å². The molecule has 1 unspecified atom stereocenters. The Kier molecular flexibility index (Phi) is 3.40. The second-order valence-electron chi connectivity index (χ2n) is 7.66.